The molecule has 2 amide bonds. The van der Waals surface area contributed by atoms with Gasteiger partial charge in [-0.25, -0.2) is 0 Å². The number of anilines is 2. The summed E-state index contributed by atoms with van der Waals surface area (Å²) in [7, 11) is 1.63. The summed E-state index contributed by atoms with van der Waals surface area (Å²) in [6.45, 7) is 1.32. The number of nitrogens with zero attached hydrogens (tertiary/aromatic N) is 3. The van der Waals surface area contributed by atoms with E-state index >= 15 is 0 Å². The molecule has 1 unspecified atom stereocenters. The van der Waals surface area contributed by atoms with Crippen LogP contribution in [0.5, 0.6) is 5.75 Å². The van der Waals surface area contributed by atoms with Crippen LogP contribution in [0, 0.1) is 5.92 Å². The molecule has 32 heavy (non-hydrogen) atoms. The van der Waals surface area contributed by atoms with Gasteiger partial charge in [0.25, 0.3) is 5.91 Å². The third kappa shape index (κ3) is 4.54. The van der Waals surface area contributed by atoms with Crippen molar-refractivity contribution < 1.29 is 14.3 Å². The average Bonchev–Trinajstić information content (AvgIpc) is 2.84. The van der Waals surface area contributed by atoms with E-state index in [9.17, 15) is 9.59 Å². The number of carbonyl (C=O) groups excluding carboxylic acids is 2. The van der Waals surface area contributed by atoms with Gasteiger partial charge in [0.15, 0.2) is 5.82 Å². The van der Waals surface area contributed by atoms with Gasteiger partial charge in [-0.05, 0) is 49.2 Å². The second-order valence-electron chi connectivity index (χ2n) is 7.66. The topological polar surface area (TPSA) is 110 Å². The number of para-hydroxylation sites is 2. The molecule has 0 spiro atoms. The van der Waals surface area contributed by atoms with Crippen molar-refractivity contribution in [3.63, 3.8) is 0 Å². The Morgan fingerprint density at radius 3 is 2.59 bits per heavy atom. The fraction of sp³-hybridized carbons (Fsp3) is 0.250. The third-order valence-electron chi connectivity index (χ3n) is 5.60. The van der Waals surface area contributed by atoms with Gasteiger partial charge < -0.3 is 20.7 Å². The molecular formula is C24H25N5O3. The van der Waals surface area contributed by atoms with E-state index in [0.29, 0.717) is 17.8 Å². The van der Waals surface area contributed by atoms with Crippen molar-refractivity contribution in [2.24, 2.45) is 11.7 Å². The van der Waals surface area contributed by atoms with Gasteiger partial charge in [0.1, 0.15) is 5.75 Å². The van der Waals surface area contributed by atoms with Gasteiger partial charge in [-0.3, -0.25) is 9.59 Å². The number of benzene rings is 2. The number of nitrogens with two attached hydrogens (primary N) is 1. The van der Waals surface area contributed by atoms with E-state index in [1.165, 1.54) is 0 Å². The van der Waals surface area contributed by atoms with Crippen LogP contribution in [0.2, 0.25) is 0 Å². The van der Waals surface area contributed by atoms with Crippen LogP contribution in [0.1, 0.15) is 23.2 Å². The molecule has 1 saturated heterocycles. The van der Waals surface area contributed by atoms with Crippen LogP contribution in [0.3, 0.4) is 0 Å². The number of amides is 2. The Kier molecular flexibility index (Phi) is 6.30. The van der Waals surface area contributed by atoms with Gasteiger partial charge >= 0.3 is 0 Å². The lowest BCUT2D eigenvalue weighted by Crippen LogP contribution is -2.41. The van der Waals surface area contributed by atoms with E-state index in [4.69, 9.17) is 10.5 Å². The zero-order chi connectivity index (χ0) is 22.5. The number of hydrogen-bond donors (Lipinski definition) is 2. The van der Waals surface area contributed by atoms with Gasteiger partial charge in [-0.1, -0.05) is 24.3 Å². The molecule has 4 rings (SSSR count). The number of methoxy groups -OCH3 is 1. The first-order valence-electron chi connectivity index (χ1n) is 10.5. The number of piperidine rings is 1. The first-order chi connectivity index (χ1) is 15.6. The Bertz CT molecular complexity index is 1120. The minimum absolute atomic E-state index is 0.137. The number of hydrogen-bond acceptors (Lipinski definition) is 6. The Morgan fingerprint density at radius 1 is 1.06 bits per heavy atom. The second-order valence-corrected chi connectivity index (χ2v) is 7.66. The molecule has 1 aliphatic rings. The highest BCUT2D eigenvalue weighted by molar-refractivity contribution is 6.03. The molecule has 8 nitrogen and oxygen atoms in total. The number of nitrogens with one attached hydrogen (secondary N) is 1. The van der Waals surface area contributed by atoms with Crippen LogP contribution in [0.15, 0.2) is 60.7 Å². The molecule has 1 fully saturated rings. The summed E-state index contributed by atoms with van der Waals surface area (Å²) in [6.07, 6.45) is 1.61. The summed E-state index contributed by atoms with van der Waals surface area (Å²) >= 11 is 0. The van der Waals surface area contributed by atoms with Gasteiger partial charge in [0, 0.05) is 18.7 Å². The van der Waals surface area contributed by atoms with Crippen LogP contribution < -0.4 is 20.7 Å². The van der Waals surface area contributed by atoms with Crippen molar-refractivity contribution in [2.75, 3.05) is 30.4 Å². The maximum absolute atomic E-state index is 12.9. The fourth-order valence-electron chi connectivity index (χ4n) is 3.93. The molecule has 0 bridgehead atoms. The van der Waals surface area contributed by atoms with Crippen LogP contribution in [0.25, 0.3) is 11.3 Å². The number of aromatic nitrogens is 2. The molecule has 3 aromatic rings. The van der Waals surface area contributed by atoms with E-state index in [1.54, 1.807) is 31.4 Å². The van der Waals surface area contributed by atoms with E-state index in [0.717, 1.165) is 42.2 Å². The zero-order valence-corrected chi connectivity index (χ0v) is 17.8. The lowest BCUT2D eigenvalue weighted by molar-refractivity contribution is -0.120. The van der Waals surface area contributed by atoms with Crippen molar-refractivity contribution in [1.82, 2.24) is 10.2 Å². The highest BCUT2D eigenvalue weighted by Gasteiger charge is 2.27. The molecule has 2 heterocycles. The predicted molar refractivity (Wildman–Crippen MR) is 123 cm³/mol. The normalized spacial score (nSPS) is 15.8. The molecule has 2 aromatic carbocycles. The fourth-order valence-corrected chi connectivity index (χ4v) is 3.93. The molecule has 0 radical (unpaired) electrons. The molecule has 1 atom stereocenters. The maximum Gasteiger partial charge on any atom is 0.250 e. The largest absolute Gasteiger partial charge is 0.496 e. The smallest absolute Gasteiger partial charge is 0.250 e. The van der Waals surface area contributed by atoms with E-state index in [-0.39, 0.29) is 11.8 Å². The maximum atomic E-state index is 12.9. The Labute approximate surface area is 186 Å². The van der Waals surface area contributed by atoms with Crippen molar-refractivity contribution in [3.05, 3.63) is 66.2 Å². The molecule has 1 aromatic heterocycles. The van der Waals surface area contributed by atoms with E-state index in [2.05, 4.69) is 20.4 Å². The lowest BCUT2D eigenvalue weighted by Gasteiger charge is -2.32. The van der Waals surface area contributed by atoms with Crippen molar-refractivity contribution >= 4 is 23.3 Å². The quantitative estimate of drug-likeness (QED) is 0.621. The van der Waals surface area contributed by atoms with Crippen molar-refractivity contribution in [1.29, 1.82) is 0 Å². The number of primary amides is 1. The third-order valence-corrected chi connectivity index (χ3v) is 5.60. The van der Waals surface area contributed by atoms with Gasteiger partial charge in [-0.2, -0.15) is 0 Å². The first-order valence-corrected chi connectivity index (χ1v) is 10.5. The SMILES string of the molecule is COc1ccccc1-c1ccc(N2CCCC(C(=O)Nc3ccccc3C(N)=O)C2)nn1. The standard InChI is InChI=1S/C24H25N5O3/c1-32-21-11-5-3-8-17(21)20-12-13-22(28-27-20)29-14-6-7-16(15-29)24(31)26-19-10-4-2-9-18(19)23(25)30/h2-5,8-13,16H,6-7,14-15H2,1H3,(H2,25,30)(H,26,31). The van der Waals surface area contributed by atoms with Crippen molar-refractivity contribution in [3.8, 4) is 17.0 Å². The monoisotopic (exact) mass is 431 g/mol. The summed E-state index contributed by atoms with van der Waals surface area (Å²) in [5.41, 5.74) is 7.74. The Morgan fingerprint density at radius 2 is 1.84 bits per heavy atom. The number of ether oxygens (including phenoxy) is 1. The van der Waals surface area contributed by atoms with Gasteiger partial charge in [0.2, 0.25) is 5.91 Å². The molecule has 3 N–H and O–H groups in total. The van der Waals surface area contributed by atoms with Gasteiger partial charge in [0.05, 0.1) is 30.0 Å². The molecule has 8 heteroatoms. The van der Waals surface area contributed by atoms with E-state index in [1.807, 2.05) is 36.4 Å². The summed E-state index contributed by atoms with van der Waals surface area (Å²) in [4.78, 5) is 26.6. The Hall–Kier alpha value is -3.94. The number of rotatable bonds is 6. The summed E-state index contributed by atoms with van der Waals surface area (Å²) in [6, 6.07) is 18.2. The minimum atomic E-state index is -0.573. The first kappa shape index (κ1) is 21.3. The molecule has 0 aliphatic carbocycles. The minimum Gasteiger partial charge on any atom is -0.496 e. The molecule has 164 valence electrons. The molecule has 1 aliphatic heterocycles. The average molecular weight is 431 g/mol. The van der Waals surface area contributed by atoms with Crippen LogP contribution >= 0.6 is 0 Å². The van der Waals surface area contributed by atoms with Crippen LogP contribution in [0.4, 0.5) is 11.5 Å². The highest BCUT2D eigenvalue weighted by Crippen LogP contribution is 2.29. The number of carbonyl (C=O) groups is 2. The zero-order valence-electron chi connectivity index (χ0n) is 17.8. The highest BCUT2D eigenvalue weighted by atomic mass is 16.5. The Balaban J connectivity index is 1.46. The summed E-state index contributed by atoms with van der Waals surface area (Å²) in [5.74, 6) is 0.512. The molecule has 0 saturated carbocycles. The van der Waals surface area contributed by atoms with Crippen LogP contribution in [-0.4, -0.2) is 42.2 Å². The summed E-state index contributed by atoms with van der Waals surface area (Å²) < 4.78 is 5.41. The second kappa shape index (κ2) is 9.47. The molecular weight excluding hydrogens is 406 g/mol. The van der Waals surface area contributed by atoms with Crippen molar-refractivity contribution in [2.45, 2.75) is 12.8 Å². The predicted octanol–water partition coefficient (Wildman–Crippen LogP) is 3.11. The van der Waals surface area contributed by atoms with Gasteiger partial charge in [-0.15, -0.1) is 10.2 Å². The lowest BCUT2D eigenvalue weighted by atomic mass is 9.96. The van der Waals surface area contributed by atoms with Crippen LogP contribution in [-0.2, 0) is 4.79 Å². The van der Waals surface area contributed by atoms with E-state index < -0.39 is 5.91 Å². The summed E-state index contributed by atoms with van der Waals surface area (Å²) in [5, 5.41) is 11.6.